The van der Waals surface area contributed by atoms with Gasteiger partial charge < -0.3 is 4.84 Å². The second kappa shape index (κ2) is 11.0. The Bertz CT molecular complexity index is 950. The van der Waals surface area contributed by atoms with Crippen LogP contribution in [0.2, 0.25) is 0 Å². The number of hydrogen-bond acceptors (Lipinski definition) is 10. The molecule has 1 aliphatic carbocycles. The van der Waals surface area contributed by atoms with Gasteiger partial charge in [0, 0.05) is 30.5 Å². The lowest BCUT2D eigenvalue weighted by Gasteiger charge is -2.40. The molecule has 2 fully saturated rings. The second-order valence-corrected chi connectivity index (χ2v) is 12.2. The van der Waals surface area contributed by atoms with E-state index in [1.54, 1.807) is 23.2 Å². The number of carbonyl (C=O) groups is 3. The van der Waals surface area contributed by atoms with Crippen LogP contribution in [0.3, 0.4) is 0 Å². The first-order valence-electron chi connectivity index (χ1n) is 10.2. The molecule has 2 unspecified atom stereocenters. The van der Waals surface area contributed by atoms with Gasteiger partial charge in [0.15, 0.2) is 0 Å². The van der Waals surface area contributed by atoms with Crippen LogP contribution >= 0.6 is 43.2 Å². The summed E-state index contributed by atoms with van der Waals surface area (Å²) in [5, 5.41) is 2.20. The highest BCUT2D eigenvalue weighted by atomic mass is 33.1. The van der Waals surface area contributed by atoms with Gasteiger partial charge in [-0.1, -0.05) is 46.6 Å². The Morgan fingerprint density at radius 2 is 1.62 bits per heavy atom. The van der Waals surface area contributed by atoms with Gasteiger partial charge in [0.25, 0.3) is 11.8 Å². The number of amides is 2. The van der Waals surface area contributed by atoms with Crippen LogP contribution in [0.1, 0.15) is 38.5 Å². The van der Waals surface area contributed by atoms with Crippen LogP contribution in [0, 0.1) is 0 Å². The predicted molar refractivity (Wildman–Crippen MR) is 128 cm³/mol. The number of imide groups is 1. The van der Waals surface area contributed by atoms with E-state index in [0.29, 0.717) is 11.5 Å². The van der Waals surface area contributed by atoms with Gasteiger partial charge in [-0.05, 0) is 58.7 Å². The summed E-state index contributed by atoms with van der Waals surface area (Å²) >= 11 is 0. The van der Waals surface area contributed by atoms with Gasteiger partial charge >= 0.3 is 5.97 Å². The zero-order chi connectivity index (χ0) is 22.4. The largest absolute Gasteiger partial charge is 0.351 e. The topological polar surface area (TPSA) is 89.5 Å². The summed E-state index contributed by atoms with van der Waals surface area (Å²) < 4.78 is -0.934. The minimum absolute atomic E-state index is 0.0721. The standard InChI is InChI=1S/C21H21N3O4S4/c25-18-10-11-19(26)24(18)28-20(27)21(32-31-17-9-3-6-14-23-17)12-4-1-7-15(21)29-30-16-8-2-5-13-22-16/h2-3,5-6,8-9,13-15H,1,4,7,10-12H2. The molecule has 0 spiro atoms. The van der Waals surface area contributed by atoms with Crippen molar-refractivity contribution in [3.63, 3.8) is 0 Å². The Hall–Kier alpha value is -1.69. The molecule has 0 N–H and O–H groups in total. The van der Waals surface area contributed by atoms with Crippen LogP contribution in [0.5, 0.6) is 0 Å². The normalized spacial score (nSPS) is 23.4. The molecule has 1 aliphatic heterocycles. The zero-order valence-corrected chi connectivity index (χ0v) is 20.3. The van der Waals surface area contributed by atoms with Gasteiger partial charge in [0.1, 0.15) is 14.8 Å². The Morgan fingerprint density at radius 1 is 0.969 bits per heavy atom. The van der Waals surface area contributed by atoms with E-state index >= 15 is 0 Å². The quantitative estimate of drug-likeness (QED) is 0.361. The maximum atomic E-state index is 13.5. The van der Waals surface area contributed by atoms with Gasteiger partial charge in [-0.25, -0.2) is 14.8 Å². The highest BCUT2D eigenvalue weighted by Gasteiger charge is 2.52. The van der Waals surface area contributed by atoms with Crippen LogP contribution in [-0.4, -0.2) is 42.8 Å². The lowest BCUT2D eigenvalue weighted by atomic mass is 9.88. The number of nitrogens with zero attached hydrogens (tertiary/aromatic N) is 3. The summed E-state index contributed by atoms with van der Waals surface area (Å²) in [6, 6.07) is 11.3. The third kappa shape index (κ3) is 5.44. The molecule has 2 aromatic rings. The molecule has 1 saturated carbocycles. The molecule has 7 nitrogen and oxygen atoms in total. The molecule has 4 rings (SSSR count). The SMILES string of the molecule is O=C1CCC(=O)N1OC(=O)C1(SSc2ccccn2)CCCCC1SSc1ccccn1. The molecule has 2 aromatic heterocycles. The Kier molecular flexibility index (Phi) is 8.03. The van der Waals surface area contributed by atoms with E-state index in [-0.39, 0.29) is 18.1 Å². The van der Waals surface area contributed by atoms with E-state index in [0.717, 1.165) is 29.3 Å². The third-order valence-corrected chi connectivity index (χ3v) is 11.2. The van der Waals surface area contributed by atoms with Gasteiger partial charge in [-0.15, -0.1) is 5.06 Å². The number of pyridine rings is 2. The summed E-state index contributed by atoms with van der Waals surface area (Å²) in [6.07, 6.45) is 6.85. The number of hydroxylamine groups is 2. The van der Waals surface area contributed by atoms with E-state index in [2.05, 4.69) is 9.97 Å². The fourth-order valence-electron chi connectivity index (χ4n) is 3.44. The van der Waals surface area contributed by atoms with Crippen LogP contribution in [-0.2, 0) is 19.2 Å². The van der Waals surface area contributed by atoms with E-state index in [4.69, 9.17) is 4.84 Å². The van der Waals surface area contributed by atoms with Crippen molar-refractivity contribution in [3.05, 3.63) is 48.8 Å². The molecular formula is C21H21N3O4S4. The van der Waals surface area contributed by atoms with E-state index < -0.39 is 22.5 Å². The molecule has 0 aromatic carbocycles. The lowest BCUT2D eigenvalue weighted by molar-refractivity contribution is -0.199. The van der Waals surface area contributed by atoms with E-state index in [9.17, 15) is 14.4 Å². The molecule has 0 radical (unpaired) electrons. The summed E-state index contributed by atoms with van der Waals surface area (Å²) in [6.45, 7) is 0. The molecule has 1 saturated heterocycles. The fraction of sp³-hybridized carbons (Fsp3) is 0.381. The smallest absolute Gasteiger partial charge is 0.329 e. The number of rotatable bonds is 8. The van der Waals surface area contributed by atoms with Gasteiger partial charge in [-0.3, -0.25) is 9.59 Å². The molecule has 2 aliphatic rings. The van der Waals surface area contributed by atoms with Crippen molar-refractivity contribution < 1.29 is 19.2 Å². The molecule has 3 heterocycles. The molecule has 2 amide bonds. The van der Waals surface area contributed by atoms with Crippen molar-refractivity contribution >= 4 is 61.0 Å². The molecular weight excluding hydrogens is 487 g/mol. The first-order chi connectivity index (χ1) is 15.6. The number of aromatic nitrogens is 2. The Balaban J connectivity index is 1.57. The van der Waals surface area contributed by atoms with Crippen molar-refractivity contribution in [1.82, 2.24) is 15.0 Å². The van der Waals surface area contributed by atoms with Gasteiger partial charge in [-0.2, -0.15) is 0 Å². The van der Waals surface area contributed by atoms with Crippen LogP contribution < -0.4 is 0 Å². The van der Waals surface area contributed by atoms with Gasteiger partial charge in [0.2, 0.25) is 0 Å². The highest BCUT2D eigenvalue weighted by Crippen LogP contribution is 2.55. The third-order valence-electron chi connectivity index (χ3n) is 5.11. The van der Waals surface area contributed by atoms with Crippen molar-refractivity contribution in [2.45, 2.75) is 58.6 Å². The number of hydrogen-bond donors (Lipinski definition) is 0. The highest BCUT2D eigenvalue weighted by molar-refractivity contribution is 8.79. The minimum atomic E-state index is -0.934. The monoisotopic (exact) mass is 507 g/mol. The van der Waals surface area contributed by atoms with Crippen LogP contribution in [0.15, 0.2) is 58.8 Å². The maximum absolute atomic E-state index is 13.5. The maximum Gasteiger partial charge on any atom is 0.351 e. The molecule has 2 atom stereocenters. The van der Waals surface area contributed by atoms with Crippen molar-refractivity contribution in [1.29, 1.82) is 0 Å². The molecule has 168 valence electrons. The summed E-state index contributed by atoms with van der Waals surface area (Å²) in [7, 11) is 5.94. The van der Waals surface area contributed by atoms with Gasteiger partial charge in [0.05, 0.1) is 0 Å². The van der Waals surface area contributed by atoms with E-state index in [1.165, 1.54) is 32.4 Å². The van der Waals surface area contributed by atoms with Crippen LogP contribution in [0.4, 0.5) is 0 Å². The average molecular weight is 508 g/mol. The van der Waals surface area contributed by atoms with Crippen molar-refractivity contribution in [2.24, 2.45) is 0 Å². The molecule has 0 bridgehead atoms. The molecule has 32 heavy (non-hydrogen) atoms. The predicted octanol–water partition coefficient (Wildman–Crippen LogP) is 4.95. The molecule has 11 heteroatoms. The second-order valence-electron chi connectivity index (χ2n) is 7.27. The lowest BCUT2D eigenvalue weighted by Crippen LogP contribution is -2.50. The fourth-order valence-corrected chi connectivity index (χ4v) is 9.73. The summed E-state index contributed by atoms with van der Waals surface area (Å²) in [5.41, 5.74) is 0. The Labute approximate surface area is 202 Å². The average Bonchev–Trinajstić information content (AvgIpc) is 3.15. The number of carbonyl (C=O) groups excluding carboxylic acids is 3. The Morgan fingerprint density at radius 3 is 2.25 bits per heavy atom. The minimum Gasteiger partial charge on any atom is -0.329 e. The van der Waals surface area contributed by atoms with Crippen molar-refractivity contribution in [2.75, 3.05) is 0 Å². The zero-order valence-electron chi connectivity index (χ0n) is 17.0. The first kappa shape index (κ1) is 23.5. The van der Waals surface area contributed by atoms with Crippen molar-refractivity contribution in [3.8, 4) is 0 Å². The van der Waals surface area contributed by atoms with Crippen LogP contribution in [0.25, 0.3) is 0 Å². The summed E-state index contributed by atoms with van der Waals surface area (Å²) in [4.78, 5) is 51.8. The first-order valence-corrected chi connectivity index (χ1v) is 14.5. The van der Waals surface area contributed by atoms with E-state index in [1.807, 2.05) is 36.4 Å². The summed E-state index contributed by atoms with van der Waals surface area (Å²) in [5.74, 6) is -1.49.